The molecule has 0 aromatic heterocycles. The number of carbonyl (C=O) groups excluding carboxylic acids is 1. The molecule has 8 heteroatoms. The molecule has 1 aromatic carbocycles. The normalized spacial score (nSPS) is 14.4. The summed E-state index contributed by atoms with van der Waals surface area (Å²) in [6, 6.07) is 2.95. The molecule has 2 N–H and O–H groups in total. The Labute approximate surface area is 135 Å². The number of phenols is 1. The minimum Gasteiger partial charge on any atom is -0.505 e. The van der Waals surface area contributed by atoms with E-state index in [0.717, 1.165) is 6.42 Å². The molecule has 0 saturated heterocycles. The highest BCUT2D eigenvalue weighted by atomic mass is 35.5. The standard InChI is InChI=1S/C14H20ClNO5S/c1-4-9(2)8-11(14(18)21-3)16-22(19,20)12-7-5-6-10(15)13(12)17/h5-7,9,11,16-17H,4,8H2,1-3H3. The van der Waals surface area contributed by atoms with Crippen molar-refractivity contribution >= 4 is 27.6 Å². The van der Waals surface area contributed by atoms with E-state index in [-0.39, 0.29) is 15.8 Å². The highest BCUT2D eigenvalue weighted by Crippen LogP contribution is 2.30. The molecule has 0 amide bonds. The van der Waals surface area contributed by atoms with Gasteiger partial charge in [-0.3, -0.25) is 4.79 Å². The van der Waals surface area contributed by atoms with Crippen molar-refractivity contribution in [1.82, 2.24) is 4.72 Å². The quantitative estimate of drug-likeness (QED) is 0.737. The first-order valence-corrected chi connectivity index (χ1v) is 8.66. The second-order valence-electron chi connectivity index (χ2n) is 5.03. The largest absolute Gasteiger partial charge is 0.505 e. The third-order valence-electron chi connectivity index (χ3n) is 3.36. The van der Waals surface area contributed by atoms with E-state index in [9.17, 15) is 18.3 Å². The summed E-state index contributed by atoms with van der Waals surface area (Å²) in [5, 5.41) is 9.72. The number of carbonyl (C=O) groups is 1. The number of hydrogen-bond donors (Lipinski definition) is 2. The van der Waals surface area contributed by atoms with Crippen LogP contribution < -0.4 is 4.72 Å². The maximum atomic E-state index is 12.4. The number of aromatic hydroxyl groups is 1. The number of phenolic OH excluding ortho intramolecular Hbond substituents is 1. The highest BCUT2D eigenvalue weighted by Gasteiger charge is 2.29. The second-order valence-corrected chi connectivity index (χ2v) is 7.12. The molecule has 0 aliphatic rings. The van der Waals surface area contributed by atoms with Crippen molar-refractivity contribution in [2.24, 2.45) is 5.92 Å². The Morgan fingerprint density at radius 3 is 2.64 bits per heavy atom. The van der Waals surface area contributed by atoms with Crippen molar-refractivity contribution in [3.05, 3.63) is 23.2 Å². The Balaban J connectivity index is 3.10. The molecule has 0 radical (unpaired) electrons. The van der Waals surface area contributed by atoms with E-state index in [4.69, 9.17) is 11.6 Å². The molecule has 1 rings (SSSR count). The van der Waals surface area contributed by atoms with Crippen molar-refractivity contribution in [2.45, 2.75) is 37.6 Å². The van der Waals surface area contributed by atoms with Gasteiger partial charge in [0.25, 0.3) is 0 Å². The predicted molar refractivity (Wildman–Crippen MR) is 83.3 cm³/mol. The van der Waals surface area contributed by atoms with Crippen LogP contribution in [0.3, 0.4) is 0 Å². The van der Waals surface area contributed by atoms with Crippen LogP contribution in [0.1, 0.15) is 26.7 Å². The number of rotatable bonds is 7. The van der Waals surface area contributed by atoms with Crippen molar-refractivity contribution < 1.29 is 23.1 Å². The smallest absolute Gasteiger partial charge is 0.323 e. The van der Waals surface area contributed by atoms with Gasteiger partial charge < -0.3 is 9.84 Å². The van der Waals surface area contributed by atoms with Gasteiger partial charge in [-0.1, -0.05) is 37.9 Å². The zero-order chi connectivity index (χ0) is 16.9. The van der Waals surface area contributed by atoms with Gasteiger partial charge in [0.2, 0.25) is 10.0 Å². The van der Waals surface area contributed by atoms with Crippen LogP contribution in [0.2, 0.25) is 5.02 Å². The summed E-state index contributed by atoms with van der Waals surface area (Å²) in [6.45, 7) is 3.84. The number of nitrogens with one attached hydrogen (secondary N) is 1. The fourth-order valence-electron chi connectivity index (χ4n) is 1.87. The molecule has 0 aliphatic carbocycles. The molecule has 0 saturated carbocycles. The Hall–Kier alpha value is -1.31. The van der Waals surface area contributed by atoms with E-state index >= 15 is 0 Å². The summed E-state index contributed by atoms with van der Waals surface area (Å²) < 4.78 is 31.6. The van der Waals surface area contributed by atoms with Crippen molar-refractivity contribution in [2.75, 3.05) is 7.11 Å². The lowest BCUT2D eigenvalue weighted by Gasteiger charge is -2.20. The van der Waals surface area contributed by atoms with E-state index in [1.165, 1.54) is 25.3 Å². The molecule has 124 valence electrons. The minimum atomic E-state index is -4.11. The number of esters is 1. The molecule has 22 heavy (non-hydrogen) atoms. The van der Waals surface area contributed by atoms with Crippen LogP contribution in [0, 0.1) is 5.92 Å². The molecule has 0 heterocycles. The monoisotopic (exact) mass is 349 g/mol. The van der Waals surface area contributed by atoms with Gasteiger partial charge in [-0.2, -0.15) is 4.72 Å². The van der Waals surface area contributed by atoms with Crippen LogP contribution in [0.5, 0.6) is 5.75 Å². The zero-order valence-corrected chi connectivity index (χ0v) is 14.2. The van der Waals surface area contributed by atoms with Gasteiger partial charge in [0.15, 0.2) is 5.75 Å². The Kier molecular flexibility index (Phi) is 6.65. The van der Waals surface area contributed by atoms with Gasteiger partial charge in [-0.15, -0.1) is 0 Å². The number of sulfonamides is 1. The first kappa shape index (κ1) is 18.7. The number of para-hydroxylation sites is 1. The number of ether oxygens (including phenoxy) is 1. The third kappa shape index (κ3) is 4.59. The predicted octanol–water partition coefficient (Wildman–Crippen LogP) is 2.30. The second kappa shape index (κ2) is 7.80. The van der Waals surface area contributed by atoms with Crippen molar-refractivity contribution in [3.8, 4) is 5.75 Å². The summed E-state index contributed by atoms with van der Waals surface area (Å²) >= 11 is 5.72. The molecule has 0 bridgehead atoms. The molecule has 2 atom stereocenters. The van der Waals surface area contributed by atoms with Crippen LogP contribution in [-0.4, -0.2) is 32.6 Å². The fourth-order valence-corrected chi connectivity index (χ4v) is 3.41. The lowest BCUT2D eigenvalue weighted by atomic mass is 10.0. The summed E-state index contributed by atoms with van der Waals surface area (Å²) in [6.07, 6.45) is 1.08. The summed E-state index contributed by atoms with van der Waals surface area (Å²) in [5.41, 5.74) is 0. The minimum absolute atomic E-state index is 0.0839. The lowest BCUT2D eigenvalue weighted by molar-refractivity contribution is -0.143. The van der Waals surface area contributed by atoms with E-state index < -0.39 is 27.8 Å². The number of benzene rings is 1. The van der Waals surface area contributed by atoms with Crippen LogP contribution in [0.15, 0.2) is 23.1 Å². The van der Waals surface area contributed by atoms with E-state index in [1.807, 2.05) is 13.8 Å². The van der Waals surface area contributed by atoms with Gasteiger partial charge in [0, 0.05) is 0 Å². The van der Waals surface area contributed by atoms with E-state index in [0.29, 0.717) is 6.42 Å². The molecular formula is C14H20ClNO5S. The summed E-state index contributed by atoms with van der Waals surface area (Å²) in [4.78, 5) is 11.4. The summed E-state index contributed by atoms with van der Waals surface area (Å²) in [7, 11) is -2.92. The van der Waals surface area contributed by atoms with Gasteiger partial charge in [-0.05, 0) is 24.5 Å². The molecule has 0 aliphatic heterocycles. The van der Waals surface area contributed by atoms with Gasteiger partial charge in [-0.25, -0.2) is 8.42 Å². The average molecular weight is 350 g/mol. The number of halogens is 1. The molecule has 6 nitrogen and oxygen atoms in total. The SMILES string of the molecule is CCC(C)CC(NS(=O)(=O)c1cccc(Cl)c1O)C(=O)OC. The zero-order valence-electron chi connectivity index (χ0n) is 12.7. The lowest BCUT2D eigenvalue weighted by Crippen LogP contribution is -2.42. The van der Waals surface area contributed by atoms with Crippen LogP contribution in [-0.2, 0) is 19.6 Å². The van der Waals surface area contributed by atoms with E-state index in [2.05, 4.69) is 9.46 Å². The van der Waals surface area contributed by atoms with Crippen LogP contribution in [0.4, 0.5) is 0 Å². The van der Waals surface area contributed by atoms with Gasteiger partial charge in [0.1, 0.15) is 10.9 Å². The highest BCUT2D eigenvalue weighted by molar-refractivity contribution is 7.89. The Morgan fingerprint density at radius 1 is 1.45 bits per heavy atom. The molecular weight excluding hydrogens is 330 g/mol. The van der Waals surface area contributed by atoms with Crippen molar-refractivity contribution in [3.63, 3.8) is 0 Å². The molecule has 1 aromatic rings. The van der Waals surface area contributed by atoms with E-state index in [1.54, 1.807) is 0 Å². The van der Waals surface area contributed by atoms with Gasteiger partial charge in [0.05, 0.1) is 12.1 Å². The molecule has 2 unspecified atom stereocenters. The van der Waals surface area contributed by atoms with Crippen molar-refractivity contribution in [1.29, 1.82) is 0 Å². The first-order chi connectivity index (χ1) is 10.2. The first-order valence-electron chi connectivity index (χ1n) is 6.80. The maximum Gasteiger partial charge on any atom is 0.323 e. The van der Waals surface area contributed by atoms with Gasteiger partial charge >= 0.3 is 5.97 Å². The third-order valence-corrected chi connectivity index (χ3v) is 5.17. The Bertz CT molecular complexity index is 632. The van der Waals surface area contributed by atoms with Crippen LogP contribution in [0.25, 0.3) is 0 Å². The average Bonchev–Trinajstić information content (AvgIpc) is 2.47. The van der Waals surface area contributed by atoms with Crippen LogP contribution >= 0.6 is 11.6 Å². The molecule has 0 fully saturated rings. The molecule has 0 spiro atoms. The summed E-state index contributed by atoms with van der Waals surface area (Å²) in [5.74, 6) is -1.10. The Morgan fingerprint density at radius 2 is 2.09 bits per heavy atom. The topological polar surface area (TPSA) is 92.7 Å². The maximum absolute atomic E-state index is 12.4. The number of hydrogen-bond acceptors (Lipinski definition) is 5. The fraction of sp³-hybridized carbons (Fsp3) is 0.500. The number of methoxy groups -OCH3 is 1.